The molecule has 0 aromatic carbocycles. The highest BCUT2D eigenvalue weighted by atomic mass is 16.6. The molecule has 0 spiro atoms. The van der Waals surface area contributed by atoms with E-state index in [0.29, 0.717) is 31.1 Å². The predicted molar refractivity (Wildman–Crippen MR) is 113 cm³/mol. The molecular weight excluding hydrogens is 388 g/mol. The Hall–Kier alpha value is -3.43. The minimum absolute atomic E-state index is 0.0952. The monoisotopic (exact) mass is 414 g/mol. The summed E-state index contributed by atoms with van der Waals surface area (Å²) in [7, 11) is 0. The number of ether oxygens (including phenoxy) is 1. The quantitative estimate of drug-likeness (QED) is 0.596. The number of anilines is 3. The van der Waals surface area contributed by atoms with E-state index in [1.54, 1.807) is 35.5 Å². The molecule has 0 unspecified atom stereocenters. The van der Waals surface area contributed by atoms with Gasteiger partial charge in [-0.3, -0.25) is 15.1 Å². The molecule has 1 saturated heterocycles. The van der Waals surface area contributed by atoms with Crippen LogP contribution in [0.3, 0.4) is 0 Å². The molecule has 1 aliphatic heterocycles. The number of amides is 1. The molecule has 0 bridgehead atoms. The fourth-order valence-corrected chi connectivity index (χ4v) is 3.19. The van der Waals surface area contributed by atoms with Crippen LogP contribution >= 0.6 is 0 Å². The lowest BCUT2D eigenvalue weighted by Gasteiger charge is -2.40. The Morgan fingerprint density at radius 1 is 1.23 bits per heavy atom. The zero-order valence-electron chi connectivity index (χ0n) is 17.5. The van der Waals surface area contributed by atoms with Crippen LogP contribution in [0.25, 0.3) is 0 Å². The van der Waals surface area contributed by atoms with Crippen LogP contribution in [0.4, 0.5) is 27.8 Å². The molecule has 0 saturated carbocycles. The van der Waals surface area contributed by atoms with Crippen molar-refractivity contribution in [3.63, 3.8) is 0 Å². The van der Waals surface area contributed by atoms with Crippen LogP contribution in [0.2, 0.25) is 0 Å². The van der Waals surface area contributed by atoms with E-state index in [2.05, 4.69) is 15.3 Å². The van der Waals surface area contributed by atoms with Gasteiger partial charge < -0.3 is 19.9 Å². The predicted octanol–water partition coefficient (Wildman–Crippen LogP) is 3.57. The van der Waals surface area contributed by atoms with Gasteiger partial charge in [-0.1, -0.05) is 0 Å². The molecule has 0 aliphatic carbocycles. The van der Waals surface area contributed by atoms with Crippen molar-refractivity contribution < 1.29 is 14.5 Å². The van der Waals surface area contributed by atoms with Gasteiger partial charge >= 0.3 is 11.8 Å². The topological polar surface area (TPSA) is 114 Å². The summed E-state index contributed by atoms with van der Waals surface area (Å²) in [6, 6.07) is 6.39. The average Bonchev–Trinajstić information content (AvgIpc) is 2.67. The highest BCUT2D eigenvalue weighted by Gasteiger charge is 2.31. The molecule has 0 radical (unpaired) electrons. The lowest BCUT2D eigenvalue weighted by Crippen LogP contribution is -2.55. The first-order valence-corrected chi connectivity index (χ1v) is 9.71. The van der Waals surface area contributed by atoms with Gasteiger partial charge in [-0.05, 0) is 45.9 Å². The Bertz CT molecular complexity index is 915. The first-order valence-electron chi connectivity index (χ1n) is 9.71. The second-order valence-electron chi connectivity index (χ2n) is 8.12. The minimum Gasteiger partial charge on any atom is -0.444 e. The molecular formula is C20H26N6O4. The number of pyridine rings is 2. The van der Waals surface area contributed by atoms with Gasteiger partial charge in [0.1, 0.15) is 11.4 Å². The Kier molecular flexibility index (Phi) is 6.04. The van der Waals surface area contributed by atoms with Crippen LogP contribution in [0, 0.1) is 10.1 Å². The van der Waals surface area contributed by atoms with E-state index in [4.69, 9.17) is 4.74 Å². The van der Waals surface area contributed by atoms with Gasteiger partial charge in [-0.2, -0.15) is 0 Å². The summed E-state index contributed by atoms with van der Waals surface area (Å²) in [6.45, 7) is 9.01. The van der Waals surface area contributed by atoms with Gasteiger partial charge in [-0.15, -0.1) is 0 Å². The second-order valence-corrected chi connectivity index (χ2v) is 8.12. The summed E-state index contributed by atoms with van der Waals surface area (Å²) in [4.78, 5) is 35.5. The van der Waals surface area contributed by atoms with Crippen molar-refractivity contribution in [2.45, 2.75) is 39.3 Å². The largest absolute Gasteiger partial charge is 0.444 e. The molecule has 10 nitrogen and oxygen atoms in total. The van der Waals surface area contributed by atoms with E-state index < -0.39 is 10.5 Å². The number of nitrogens with one attached hydrogen (secondary N) is 1. The molecule has 2 aromatic heterocycles. The first-order chi connectivity index (χ1) is 14.1. The second kappa shape index (κ2) is 8.52. The molecule has 30 heavy (non-hydrogen) atoms. The molecule has 1 aliphatic rings. The standard InChI is InChI=1S/C20H26N6O4/c1-14-13-24(11-12-25(14)19(27)30-20(2,3)4)17-6-5-16(26(28)29)18(23-17)22-15-7-9-21-10-8-15/h5-10,14H,11-13H2,1-4H3,(H,21,22,23)/t14-/m0/s1. The van der Waals surface area contributed by atoms with Crippen molar-refractivity contribution in [1.29, 1.82) is 0 Å². The Balaban J connectivity index is 1.77. The van der Waals surface area contributed by atoms with Crippen LogP contribution in [0.5, 0.6) is 0 Å². The summed E-state index contributed by atoms with van der Waals surface area (Å²) < 4.78 is 5.48. The molecule has 10 heteroatoms. The number of rotatable bonds is 4. The summed E-state index contributed by atoms with van der Waals surface area (Å²) in [5.74, 6) is 0.763. The number of nitro groups is 1. The fraction of sp³-hybridized carbons (Fsp3) is 0.450. The van der Waals surface area contributed by atoms with E-state index in [0.717, 1.165) is 0 Å². The van der Waals surface area contributed by atoms with Crippen molar-refractivity contribution in [2.75, 3.05) is 29.9 Å². The molecule has 3 heterocycles. The Labute approximate surface area is 175 Å². The normalized spacial score (nSPS) is 16.9. The molecule has 2 aromatic rings. The van der Waals surface area contributed by atoms with Gasteiger partial charge in [0.05, 0.1) is 4.92 Å². The maximum atomic E-state index is 12.4. The number of nitrogens with zero attached hydrogens (tertiary/aromatic N) is 5. The maximum absolute atomic E-state index is 12.4. The third kappa shape index (κ3) is 5.13. The van der Waals surface area contributed by atoms with Gasteiger partial charge in [0.2, 0.25) is 5.82 Å². The Morgan fingerprint density at radius 3 is 2.53 bits per heavy atom. The number of carbonyl (C=O) groups excluding carboxylic acids is 1. The lowest BCUT2D eigenvalue weighted by molar-refractivity contribution is -0.384. The highest BCUT2D eigenvalue weighted by molar-refractivity contribution is 5.70. The summed E-state index contributed by atoms with van der Waals surface area (Å²) in [5.41, 5.74) is -0.0154. The molecule has 1 amide bonds. The molecule has 1 N–H and O–H groups in total. The van der Waals surface area contributed by atoms with Crippen molar-refractivity contribution in [3.8, 4) is 0 Å². The molecule has 3 rings (SSSR count). The lowest BCUT2D eigenvalue weighted by atomic mass is 10.2. The van der Waals surface area contributed by atoms with Crippen molar-refractivity contribution >= 4 is 29.1 Å². The van der Waals surface area contributed by atoms with Crippen molar-refractivity contribution in [1.82, 2.24) is 14.9 Å². The number of piperazine rings is 1. The zero-order chi connectivity index (χ0) is 21.9. The van der Waals surface area contributed by atoms with Crippen molar-refractivity contribution in [2.24, 2.45) is 0 Å². The first kappa shape index (κ1) is 21.3. The fourth-order valence-electron chi connectivity index (χ4n) is 3.19. The maximum Gasteiger partial charge on any atom is 0.410 e. The number of hydrogen-bond donors (Lipinski definition) is 1. The third-order valence-corrected chi connectivity index (χ3v) is 4.58. The minimum atomic E-state index is -0.554. The summed E-state index contributed by atoms with van der Waals surface area (Å²) in [5, 5.41) is 14.4. The smallest absolute Gasteiger partial charge is 0.410 e. The van der Waals surface area contributed by atoms with E-state index in [9.17, 15) is 14.9 Å². The molecule has 1 fully saturated rings. The van der Waals surface area contributed by atoms with E-state index in [1.165, 1.54) is 6.07 Å². The summed E-state index contributed by atoms with van der Waals surface area (Å²) >= 11 is 0. The van der Waals surface area contributed by atoms with Gasteiger partial charge in [0, 0.05) is 49.8 Å². The van der Waals surface area contributed by atoms with Crippen LogP contribution in [0.1, 0.15) is 27.7 Å². The number of aromatic nitrogens is 2. The molecule has 160 valence electrons. The van der Waals surface area contributed by atoms with Gasteiger partial charge in [0.15, 0.2) is 0 Å². The number of carbonyl (C=O) groups is 1. The van der Waals surface area contributed by atoms with E-state index in [-0.39, 0.29) is 23.6 Å². The van der Waals surface area contributed by atoms with Crippen molar-refractivity contribution in [3.05, 3.63) is 46.8 Å². The highest BCUT2D eigenvalue weighted by Crippen LogP contribution is 2.29. The van der Waals surface area contributed by atoms with E-state index >= 15 is 0 Å². The average molecular weight is 414 g/mol. The number of hydrogen-bond acceptors (Lipinski definition) is 8. The Morgan fingerprint density at radius 2 is 1.93 bits per heavy atom. The zero-order valence-corrected chi connectivity index (χ0v) is 17.5. The molecule has 1 atom stereocenters. The third-order valence-electron chi connectivity index (χ3n) is 4.58. The van der Waals surface area contributed by atoms with Crippen LogP contribution in [0.15, 0.2) is 36.7 Å². The SMILES string of the molecule is C[C@H]1CN(c2ccc([N+](=O)[O-])c(Nc3ccncc3)n2)CCN1C(=O)OC(C)(C)C. The van der Waals surface area contributed by atoms with E-state index in [1.807, 2.05) is 32.6 Å². The summed E-state index contributed by atoms with van der Waals surface area (Å²) in [6.07, 6.45) is 2.84. The van der Waals surface area contributed by atoms with Crippen LogP contribution in [-0.4, -0.2) is 57.2 Å². The van der Waals surface area contributed by atoms with Crippen LogP contribution in [-0.2, 0) is 4.74 Å². The van der Waals surface area contributed by atoms with Gasteiger partial charge in [0.25, 0.3) is 0 Å². The van der Waals surface area contributed by atoms with Gasteiger partial charge in [-0.25, -0.2) is 9.78 Å². The van der Waals surface area contributed by atoms with Crippen LogP contribution < -0.4 is 10.2 Å².